The molecule has 0 spiro atoms. The Morgan fingerprint density at radius 2 is 1.57 bits per heavy atom. The van der Waals surface area contributed by atoms with Gasteiger partial charge in [0.1, 0.15) is 11.6 Å². The lowest BCUT2D eigenvalue weighted by Gasteiger charge is -2.15. The van der Waals surface area contributed by atoms with Crippen LogP contribution in [-0.2, 0) is 12.6 Å². The SMILES string of the molecule is NC(Cc1ccc(F)cc1)c1cc(C(F)(F)F)ccc1F. The molecule has 0 aliphatic carbocycles. The van der Waals surface area contributed by atoms with Gasteiger partial charge in [-0.3, -0.25) is 0 Å². The van der Waals surface area contributed by atoms with Gasteiger partial charge >= 0.3 is 6.18 Å². The highest BCUT2D eigenvalue weighted by molar-refractivity contribution is 5.31. The normalized spacial score (nSPS) is 13.2. The highest BCUT2D eigenvalue weighted by atomic mass is 19.4. The molecule has 0 heterocycles. The van der Waals surface area contributed by atoms with E-state index in [9.17, 15) is 22.0 Å². The lowest BCUT2D eigenvalue weighted by Crippen LogP contribution is -2.17. The smallest absolute Gasteiger partial charge is 0.324 e. The summed E-state index contributed by atoms with van der Waals surface area (Å²) in [4.78, 5) is 0. The van der Waals surface area contributed by atoms with Gasteiger partial charge in [0, 0.05) is 11.6 Å². The van der Waals surface area contributed by atoms with Gasteiger partial charge in [-0.25, -0.2) is 8.78 Å². The van der Waals surface area contributed by atoms with E-state index in [4.69, 9.17) is 5.73 Å². The molecule has 21 heavy (non-hydrogen) atoms. The fourth-order valence-corrected chi connectivity index (χ4v) is 1.99. The number of nitrogens with two attached hydrogens (primary N) is 1. The largest absolute Gasteiger partial charge is 0.416 e. The molecule has 0 radical (unpaired) electrons. The van der Waals surface area contributed by atoms with Crippen molar-refractivity contribution >= 4 is 0 Å². The molecule has 2 aromatic carbocycles. The standard InChI is InChI=1S/C15H12F5N/c16-11-4-1-9(2-5-11)7-14(21)12-8-10(15(18,19)20)3-6-13(12)17/h1-6,8,14H,7,21H2. The molecule has 2 N–H and O–H groups in total. The Morgan fingerprint density at radius 3 is 2.14 bits per heavy atom. The Hall–Kier alpha value is -1.95. The van der Waals surface area contributed by atoms with Crippen molar-refractivity contribution in [2.24, 2.45) is 5.73 Å². The molecule has 0 saturated heterocycles. The van der Waals surface area contributed by atoms with Crippen molar-refractivity contribution in [1.29, 1.82) is 0 Å². The molecule has 2 rings (SSSR count). The first-order chi connectivity index (χ1) is 9.77. The van der Waals surface area contributed by atoms with Crippen LogP contribution in [0.5, 0.6) is 0 Å². The molecular weight excluding hydrogens is 289 g/mol. The lowest BCUT2D eigenvalue weighted by molar-refractivity contribution is -0.137. The maximum Gasteiger partial charge on any atom is 0.416 e. The van der Waals surface area contributed by atoms with Crippen molar-refractivity contribution in [2.45, 2.75) is 18.6 Å². The minimum Gasteiger partial charge on any atom is -0.324 e. The molecule has 0 bridgehead atoms. The van der Waals surface area contributed by atoms with Gasteiger partial charge in [-0.05, 0) is 42.3 Å². The van der Waals surface area contributed by atoms with Crippen molar-refractivity contribution in [2.75, 3.05) is 0 Å². The van der Waals surface area contributed by atoms with Crippen LogP contribution in [0.2, 0.25) is 0 Å². The Morgan fingerprint density at radius 1 is 0.952 bits per heavy atom. The van der Waals surface area contributed by atoms with Crippen LogP contribution in [0.1, 0.15) is 22.7 Å². The minimum absolute atomic E-state index is 0.110. The Bertz CT molecular complexity index is 619. The van der Waals surface area contributed by atoms with Crippen LogP contribution in [0.25, 0.3) is 0 Å². The number of alkyl halides is 3. The van der Waals surface area contributed by atoms with Crippen molar-refractivity contribution < 1.29 is 22.0 Å². The average Bonchev–Trinajstić information content (AvgIpc) is 2.40. The molecule has 2 aromatic rings. The Balaban J connectivity index is 2.26. The van der Waals surface area contributed by atoms with Gasteiger partial charge in [-0.15, -0.1) is 0 Å². The Labute approximate surface area is 118 Å². The first kappa shape index (κ1) is 15.4. The van der Waals surface area contributed by atoms with Gasteiger partial charge in [-0.2, -0.15) is 13.2 Å². The second kappa shape index (κ2) is 5.81. The predicted octanol–water partition coefficient (Wildman–Crippen LogP) is 4.23. The van der Waals surface area contributed by atoms with Gasteiger partial charge in [0.2, 0.25) is 0 Å². The van der Waals surface area contributed by atoms with E-state index in [0.29, 0.717) is 17.7 Å². The molecule has 112 valence electrons. The molecule has 0 amide bonds. The lowest BCUT2D eigenvalue weighted by atomic mass is 9.97. The van der Waals surface area contributed by atoms with Gasteiger partial charge in [0.15, 0.2) is 0 Å². The second-order valence-electron chi connectivity index (χ2n) is 4.67. The van der Waals surface area contributed by atoms with Crippen LogP contribution >= 0.6 is 0 Å². The number of hydrogen-bond acceptors (Lipinski definition) is 1. The van der Waals surface area contributed by atoms with Gasteiger partial charge < -0.3 is 5.73 Å². The summed E-state index contributed by atoms with van der Waals surface area (Å²) in [6.45, 7) is 0. The molecular formula is C15H12F5N. The number of rotatable bonds is 3. The average molecular weight is 301 g/mol. The zero-order valence-corrected chi connectivity index (χ0v) is 10.8. The predicted molar refractivity (Wildman–Crippen MR) is 68.4 cm³/mol. The maximum absolute atomic E-state index is 13.7. The number of benzene rings is 2. The summed E-state index contributed by atoms with van der Waals surface area (Å²) in [6, 6.07) is 6.53. The van der Waals surface area contributed by atoms with E-state index < -0.39 is 29.4 Å². The fourth-order valence-electron chi connectivity index (χ4n) is 1.99. The van der Waals surface area contributed by atoms with E-state index in [-0.39, 0.29) is 12.0 Å². The highest BCUT2D eigenvalue weighted by Gasteiger charge is 2.31. The molecule has 0 fully saturated rings. The summed E-state index contributed by atoms with van der Waals surface area (Å²) in [7, 11) is 0. The molecule has 1 atom stereocenters. The number of hydrogen-bond donors (Lipinski definition) is 1. The first-order valence-electron chi connectivity index (χ1n) is 6.14. The van der Waals surface area contributed by atoms with E-state index in [1.807, 2.05) is 0 Å². The van der Waals surface area contributed by atoms with Crippen molar-refractivity contribution in [1.82, 2.24) is 0 Å². The van der Waals surface area contributed by atoms with Gasteiger partial charge in [0.05, 0.1) is 5.56 Å². The molecule has 0 aromatic heterocycles. The number of halogens is 5. The molecule has 1 unspecified atom stereocenters. The third kappa shape index (κ3) is 3.78. The summed E-state index contributed by atoms with van der Waals surface area (Å²) in [5.74, 6) is -1.23. The van der Waals surface area contributed by atoms with E-state index in [2.05, 4.69) is 0 Å². The van der Waals surface area contributed by atoms with Crippen molar-refractivity contribution in [3.8, 4) is 0 Å². The van der Waals surface area contributed by atoms with Gasteiger partial charge in [-0.1, -0.05) is 12.1 Å². The molecule has 0 saturated carbocycles. The van der Waals surface area contributed by atoms with E-state index in [0.717, 1.165) is 6.07 Å². The second-order valence-corrected chi connectivity index (χ2v) is 4.67. The van der Waals surface area contributed by atoms with Gasteiger partial charge in [0.25, 0.3) is 0 Å². The monoisotopic (exact) mass is 301 g/mol. The topological polar surface area (TPSA) is 26.0 Å². The molecule has 0 aliphatic heterocycles. The van der Waals surface area contributed by atoms with Crippen LogP contribution in [0, 0.1) is 11.6 Å². The summed E-state index contributed by atoms with van der Waals surface area (Å²) >= 11 is 0. The Kier molecular flexibility index (Phi) is 4.27. The summed E-state index contributed by atoms with van der Waals surface area (Å²) in [6.07, 6.45) is -4.45. The third-order valence-electron chi connectivity index (χ3n) is 3.09. The summed E-state index contributed by atoms with van der Waals surface area (Å²) in [5.41, 5.74) is 5.22. The highest BCUT2D eigenvalue weighted by Crippen LogP contribution is 2.32. The van der Waals surface area contributed by atoms with Crippen LogP contribution in [0.3, 0.4) is 0 Å². The minimum atomic E-state index is -4.56. The van der Waals surface area contributed by atoms with Crippen LogP contribution in [0.15, 0.2) is 42.5 Å². The quantitative estimate of drug-likeness (QED) is 0.844. The molecule has 1 nitrogen and oxygen atoms in total. The summed E-state index contributed by atoms with van der Waals surface area (Å²) < 4.78 is 64.3. The molecule has 6 heteroatoms. The van der Waals surface area contributed by atoms with E-state index in [1.54, 1.807) is 0 Å². The first-order valence-corrected chi connectivity index (χ1v) is 6.14. The zero-order chi connectivity index (χ0) is 15.6. The fraction of sp³-hybridized carbons (Fsp3) is 0.200. The molecule has 0 aliphatic rings. The van der Waals surface area contributed by atoms with Crippen LogP contribution < -0.4 is 5.73 Å². The maximum atomic E-state index is 13.7. The van der Waals surface area contributed by atoms with Crippen LogP contribution in [-0.4, -0.2) is 0 Å². The zero-order valence-electron chi connectivity index (χ0n) is 10.8. The third-order valence-corrected chi connectivity index (χ3v) is 3.09. The van der Waals surface area contributed by atoms with Crippen LogP contribution in [0.4, 0.5) is 22.0 Å². The van der Waals surface area contributed by atoms with E-state index in [1.165, 1.54) is 24.3 Å². The van der Waals surface area contributed by atoms with Crippen molar-refractivity contribution in [3.63, 3.8) is 0 Å². The van der Waals surface area contributed by atoms with Crippen molar-refractivity contribution in [3.05, 3.63) is 70.8 Å². The van der Waals surface area contributed by atoms with E-state index >= 15 is 0 Å². The summed E-state index contributed by atoms with van der Waals surface area (Å²) in [5, 5.41) is 0.